The molecule has 0 N–H and O–H groups in total. The first-order chi connectivity index (χ1) is 12.6. The van der Waals surface area contributed by atoms with E-state index in [2.05, 4.69) is 11.8 Å². The Bertz CT molecular complexity index is 571. The van der Waals surface area contributed by atoms with Crippen molar-refractivity contribution in [2.24, 2.45) is 5.92 Å². The molecule has 7 heteroatoms. The van der Waals surface area contributed by atoms with Crippen molar-refractivity contribution in [3.63, 3.8) is 0 Å². The molecule has 0 atom stereocenters. The standard InChI is InChI=1S/C20H30FN3O2.ClH/c1-17-7-10-23(11-8-17)20(25)24-14-12-22(13-15-24)9-2-16-26-19-5-3-18(21)4-6-19;/h3-6,17H,2,7-16H2,1H3;1H. The maximum absolute atomic E-state index is 12.8. The van der Waals surface area contributed by atoms with Gasteiger partial charge in [-0.05, 0) is 49.4 Å². The van der Waals surface area contributed by atoms with Crippen LogP contribution in [0.4, 0.5) is 9.18 Å². The predicted octanol–water partition coefficient (Wildman–Crippen LogP) is 3.49. The summed E-state index contributed by atoms with van der Waals surface area (Å²) in [6.45, 7) is 9.12. The highest BCUT2D eigenvalue weighted by atomic mass is 35.5. The summed E-state index contributed by atoms with van der Waals surface area (Å²) in [4.78, 5) is 19.0. The summed E-state index contributed by atoms with van der Waals surface area (Å²) in [5, 5.41) is 0. The van der Waals surface area contributed by atoms with Gasteiger partial charge in [0.1, 0.15) is 11.6 Å². The number of carbonyl (C=O) groups is 1. The Morgan fingerprint density at radius 3 is 2.26 bits per heavy atom. The minimum absolute atomic E-state index is 0. The van der Waals surface area contributed by atoms with E-state index in [9.17, 15) is 9.18 Å². The molecule has 2 amide bonds. The molecule has 0 unspecified atom stereocenters. The van der Waals surface area contributed by atoms with Crippen molar-refractivity contribution in [3.8, 4) is 5.75 Å². The average molecular weight is 400 g/mol. The van der Waals surface area contributed by atoms with Gasteiger partial charge < -0.3 is 14.5 Å². The van der Waals surface area contributed by atoms with Gasteiger partial charge in [0.2, 0.25) is 0 Å². The fourth-order valence-corrected chi connectivity index (χ4v) is 3.57. The molecule has 2 saturated heterocycles. The molecule has 0 aliphatic carbocycles. The molecule has 0 radical (unpaired) electrons. The summed E-state index contributed by atoms with van der Waals surface area (Å²) in [6, 6.07) is 6.35. The van der Waals surface area contributed by atoms with Crippen LogP contribution in [-0.4, -0.2) is 73.2 Å². The van der Waals surface area contributed by atoms with Crippen LogP contribution in [0.15, 0.2) is 24.3 Å². The number of likely N-dealkylation sites (tertiary alicyclic amines) is 1. The second kappa shape index (κ2) is 10.7. The Kier molecular flexibility index (Phi) is 8.64. The molecule has 3 rings (SSSR count). The lowest BCUT2D eigenvalue weighted by atomic mass is 9.99. The van der Waals surface area contributed by atoms with E-state index in [0.29, 0.717) is 12.4 Å². The zero-order valence-electron chi connectivity index (χ0n) is 16.1. The zero-order chi connectivity index (χ0) is 18.4. The smallest absolute Gasteiger partial charge is 0.320 e. The van der Waals surface area contributed by atoms with E-state index in [0.717, 1.165) is 71.0 Å². The van der Waals surface area contributed by atoms with Gasteiger partial charge in [0.25, 0.3) is 0 Å². The van der Waals surface area contributed by atoms with Crippen LogP contribution in [0.1, 0.15) is 26.2 Å². The quantitative estimate of drug-likeness (QED) is 0.711. The predicted molar refractivity (Wildman–Crippen MR) is 107 cm³/mol. The first-order valence-electron chi connectivity index (χ1n) is 9.76. The van der Waals surface area contributed by atoms with Crippen LogP contribution < -0.4 is 4.74 Å². The van der Waals surface area contributed by atoms with Gasteiger partial charge in [-0.2, -0.15) is 0 Å². The van der Waals surface area contributed by atoms with Crippen molar-refractivity contribution >= 4 is 18.4 Å². The van der Waals surface area contributed by atoms with E-state index in [1.807, 2.05) is 9.80 Å². The maximum atomic E-state index is 12.8. The molecule has 0 saturated carbocycles. The van der Waals surface area contributed by atoms with E-state index in [1.165, 1.54) is 12.1 Å². The number of halogens is 2. The Morgan fingerprint density at radius 2 is 1.63 bits per heavy atom. The van der Waals surface area contributed by atoms with Gasteiger partial charge in [-0.1, -0.05) is 6.92 Å². The monoisotopic (exact) mass is 399 g/mol. The maximum Gasteiger partial charge on any atom is 0.320 e. The molecule has 2 heterocycles. The van der Waals surface area contributed by atoms with Crippen molar-refractivity contribution in [3.05, 3.63) is 30.1 Å². The second-order valence-electron chi connectivity index (χ2n) is 7.44. The summed E-state index contributed by atoms with van der Waals surface area (Å²) in [7, 11) is 0. The number of benzene rings is 1. The molecule has 2 aliphatic heterocycles. The van der Waals surface area contributed by atoms with Crippen molar-refractivity contribution in [2.45, 2.75) is 26.2 Å². The summed E-state index contributed by atoms with van der Waals surface area (Å²) in [6.07, 6.45) is 3.18. The second-order valence-corrected chi connectivity index (χ2v) is 7.44. The molecular weight excluding hydrogens is 369 g/mol. The molecule has 5 nitrogen and oxygen atoms in total. The third-order valence-electron chi connectivity index (χ3n) is 5.40. The van der Waals surface area contributed by atoms with Gasteiger partial charge in [0.15, 0.2) is 0 Å². The number of urea groups is 1. The van der Waals surface area contributed by atoms with Crippen molar-refractivity contribution in [1.82, 2.24) is 14.7 Å². The van der Waals surface area contributed by atoms with Gasteiger partial charge in [0.05, 0.1) is 6.61 Å². The summed E-state index contributed by atoms with van der Waals surface area (Å²) in [5.41, 5.74) is 0. The lowest BCUT2D eigenvalue weighted by Crippen LogP contribution is -2.54. The Labute approximate surface area is 167 Å². The Hall–Kier alpha value is -1.53. The number of piperidine rings is 1. The van der Waals surface area contributed by atoms with Crippen LogP contribution in [0.5, 0.6) is 5.75 Å². The molecule has 2 fully saturated rings. The third kappa shape index (κ3) is 6.54. The fourth-order valence-electron chi connectivity index (χ4n) is 3.57. The van der Waals surface area contributed by atoms with Crippen LogP contribution >= 0.6 is 12.4 Å². The third-order valence-corrected chi connectivity index (χ3v) is 5.40. The molecule has 2 aliphatic rings. The van der Waals surface area contributed by atoms with Gasteiger partial charge in [-0.3, -0.25) is 4.90 Å². The number of hydrogen-bond acceptors (Lipinski definition) is 3. The lowest BCUT2D eigenvalue weighted by Gasteiger charge is -2.39. The van der Waals surface area contributed by atoms with Crippen LogP contribution in [0.2, 0.25) is 0 Å². The minimum atomic E-state index is -0.246. The molecule has 1 aromatic carbocycles. The number of hydrogen-bond donors (Lipinski definition) is 0. The van der Waals surface area contributed by atoms with Crippen LogP contribution in [0, 0.1) is 11.7 Å². The minimum Gasteiger partial charge on any atom is -0.494 e. The highest BCUT2D eigenvalue weighted by Crippen LogP contribution is 2.18. The molecule has 0 aromatic heterocycles. The number of nitrogens with zero attached hydrogens (tertiary/aromatic N) is 3. The largest absolute Gasteiger partial charge is 0.494 e. The molecule has 152 valence electrons. The molecule has 1 aromatic rings. The summed E-state index contributed by atoms with van der Waals surface area (Å²) < 4.78 is 18.5. The van der Waals surface area contributed by atoms with E-state index in [4.69, 9.17) is 4.74 Å². The summed E-state index contributed by atoms with van der Waals surface area (Å²) in [5.74, 6) is 1.20. The van der Waals surface area contributed by atoms with Crippen LogP contribution in [0.25, 0.3) is 0 Å². The highest BCUT2D eigenvalue weighted by Gasteiger charge is 2.27. The lowest BCUT2D eigenvalue weighted by molar-refractivity contribution is 0.100. The fraction of sp³-hybridized carbons (Fsp3) is 0.650. The zero-order valence-corrected chi connectivity index (χ0v) is 16.9. The topological polar surface area (TPSA) is 36.0 Å². The van der Waals surface area contributed by atoms with Crippen LogP contribution in [-0.2, 0) is 0 Å². The molecule has 27 heavy (non-hydrogen) atoms. The van der Waals surface area contributed by atoms with Gasteiger partial charge in [-0.25, -0.2) is 9.18 Å². The average Bonchev–Trinajstić information content (AvgIpc) is 2.67. The molecule has 0 spiro atoms. The number of rotatable bonds is 5. The van der Waals surface area contributed by atoms with Gasteiger partial charge >= 0.3 is 6.03 Å². The van der Waals surface area contributed by atoms with E-state index in [1.54, 1.807) is 12.1 Å². The van der Waals surface area contributed by atoms with Crippen molar-refractivity contribution in [2.75, 3.05) is 52.4 Å². The van der Waals surface area contributed by atoms with E-state index in [-0.39, 0.29) is 24.3 Å². The normalized spacial score (nSPS) is 18.9. The molecule has 0 bridgehead atoms. The summed E-state index contributed by atoms with van der Waals surface area (Å²) >= 11 is 0. The number of piperazine rings is 1. The van der Waals surface area contributed by atoms with E-state index < -0.39 is 0 Å². The number of amides is 2. The van der Waals surface area contributed by atoms with Crippen LogP contribution in [0.3, 0.4) is 0 Å². The number of carbonyl (C=O) groups excluding carboxylic acids is 1. The first kappa shape index (κ1) is 21.8. The van der Waals surface area contributed by atoms with Crippen molar-refractivity contribution < 1.29 is 13.9 Å². The Balaban J connectivity index is 0.00000261. The van der Waals surface area contributed by atoms with Gasteiger partial charge in [0, 0.05) is 45.8 Å². The van der Waals surface area contributed by atoms with Crippen molar-refractivity contribution in [1.29, 1.82) is 0 Å². The van der Waals surface area contributed by atoms with Gasteiger partial charge in [-0.15, -0.1) is 12.4 Å². The van der Waals surface area contributed by atoms with E-state index >= 15 is 0 Å². The molecular formula is C20H31ClFN3O2. The first-order valence-corrected chi connectivity index (χ1v) is 9.76. The Morgan fingerprint density at radius 1 is 1.04 bits per heavy atom. The SMILES string of the molecule is CC1CCN(C(=O)N2CCN(CCCOc3ccc(F)cc3)CC2)CC1.Cl. The highest BCUT2D eigenvalue weighted by molar-refractivity contribution is 5.85. The number of ether oxygens (including phenoxy) is 1.